The van der Waals surface area contributed by atoms with Gasteiger partial charge in [0.25, 0.3) is 0 Å². The summed E-state index contributed by atoms with van der Waals surface area (Å²) < 4.78 is 16.4. The highest BCUT2D eigenvalue weighted by Crippen LogP contribution is 2.29. The van der Waals surface area contributed by atoms with E-state index in [0.717, 1.165) is 29.9 Å². The van der Waals surface area contributed by atoms with Gasteiger partial charge in [0.15, 0.2) is 0 Å². The summed E-state index contributed by atoms with van der Waals surface area (Å²) in [5.74, 6) is 1.61. The van der Waals surface area contributed by atoms with Crippen molar-refractivity contribution in [2.45, 2.75) is 58.3 Å². The summed E-state index contributed by atoms with van der Waals surface area (Å²) in [4.78, 5) is 11.7. The predicted octanol–water partition coefficient (Wildman–Crippen LogP) is 3.44. The van der Waals surface area contributed by atoms with Gasteiger partial charge in [-0.3, -0.25) is 0 Å². The Morgan fingerprint density at radius 3 is 2.55 bits per heavy atom. The van der Waals surface area contributed by atoms with E-state index < -0.39 is 5.60 Å². The first-order valence-corrected chi connectivity index (χ1v) is 7.57. The molecule has 1 fully saturated rings. The first-order valence-electron chi connectivity index (χ1n) is 7.57. The molecule has 0 spiro atoms. The van der Waals surface area contributed by atoms with Crippen molar-refractivity contribution in [3.63, 3.8) is 0 Å². The second-order valence-corrected chi connectivity index (χ2v) is 6.69. The monoisotopic (exact) mass is 307 g/mol. The van der Waals surface area contributed by atoms with Gasteiger partial charge in [-0.1, -0.05) is 6.07 Å². The molecular formula is C17H25NO4. The van der Waals surface area contributed by atoms with E-state index in [1.165, 1.54) is 0 Å². The quantitative estimate of drug-likeness (QED) is 0.926. The van der Waals surface area contributed by atoms with Crippen LogP contribution in [-0.2, 0) is 4.74 Å². The van der Waals surface area contributed by atoms with Gasteiger partial charge in [-0.15, -0.1) is 0 Å². The van der Waals surface area contributed by atoms with Crippen LogP contribution in [0.2, 0.25) is 0 Å². The molecule has 122 valence electrons. The number of nitrogens with one attached hydrogen (secondary N) is 1. The van der Waals surface area contributed by atoms with E-state index >= 15 is 0 Å². The van der Waals surface area contributed by atoms with Crippen LogP contribution in [0, 0.1) is 6.92 Å². The molecule has 1 N–H and O–H groups in total. The molecular weight excluding hydrogens is 282 g/mol. The lowest BCUT2D eigenvalue weighted by molar-refractivity contribution is 0.0362. The summed E-state index contributed by atoms with van der Waals surface area (Å²) in [6.45, 7) is 7.55. The molecule has 0 aliphatic heterocycles. The number of rotatable bonds is 4. The average molecular weight is 307 g/mol. The predicted molar refractivity (Wildman–Crippen MR) is 84.5 cm³/mol. The van der Waals surface area contributed by atoms with Crippen molar-refractivity contribution in [2.75, 3.05) is 7.11 Å². The zero-order valence-corrected chi connectivity index (χ0v) is 13.9. The lowest BCUT2D eigenvalue weighted by atomic mass is 9.89. The minimum Gasteiger partial charge on any atom is -0.496 e. The third-order valence-corrected chi connectivity index (χ3v) is 3.50. The summed E-state index contributed by atoms with van der Waals surface area (Å²) in [6, 6.07) is 5.92. The molecule has 1 amide bonds. The molecule has 5 nitrogen and oxygen atoms in total. The van der Waals surface area contributed by atoms with E-state index in [0.29, 0.717) is 0 Å². The summed E-state index contributed by atoms with van der Waals surface area (Å²) in [5, 5.41) is 2.85. The minimum atomic E-state index is -0.470. The molecule has 5 heteroatoms. The second-order valence-electron chi connectivity index (χ2n) is 6.69. The van der Waals surface area contributed by atoms with Gasteiger partial charge in [-0.2, -0.15) is 0 Å². The largest absolute Gasteiger partial charge is 0.496 e. The van der Waals surface area contributed by atoms with Crippen LogP contribution in [0.15, 0.2) is 18.2 Å². The molecule has 0 unspecified atom stereocenters. The van der Waals surface area contributed by atoms with E-state index in [1.807, 2.05) is 45.9 Å². The number of methoxy groups -OCH3 is 1. The standard InChI is InChI=1S/C17H25NO4/c1-11-6-7-13(10-15(11)20-5)21-14-8-12(9-14)18-16(19)22-17(2,3)4/h6-7,10,12,14H,8-9H2,1-5H3,(H,18,19). The van der Waals surface area contributed by atoms with Crippen molar-refractivity contribution in [2.24, 2.45) is 0 Å². The Kier molecular flexibility index (Phi) is 4.84. The highest BCUT2D eigenvalue weighted by Gasteiger charge is 2.33. The summed E-state index contributed by atoms with van der Waals surface area (Å²) in [6.07, 6.45) is 1.32. The number of hydrogen-bond donors (Lipinski definition) is 1. The number of ether oxygens (including phenoxy) is 3. The second kappa shape index (κ2) is 6.46. The molecule has 1 aromatic carbocycles. The number of alkyl carbamates (subject to hydrolysis) is 1. The average Bonchev–Trinajstić information content (AvgIpc) is 2.36. The number of benzene rings is 1. The van der Waals surface area contributed by atoms with Crippen LogP contribution in [0.25, 0.3) is 0 Å². The maximum absolute atomic E-state index is 11.7. The number of hydrogen-bond acceptors (Lipinski definition) is 4. The Labute approximate surface area is 131 Å². The maximum atomic E-state index is 11.7. The van der Waals surface area contributed by atoms with Crippen LogP contribution in [0.4, 0.5) is 4.79 Å². The molecule has 0 atom stereocenters. The molecule has 2 rings (SSSR count). The molecule has 22 heavy (non-hydrogen) atoms. The van der Waals surface area contributed by atoms with E-state index in [2.05, 4.69) is 5.32 Å². The van der Waals surface area contributed by atoms with E-state index in [4.69, 9.17) is 14.2 Å². The number of carbonyl (C=O) groups excluding carboxylic acids is 1. The first kappa shape index (κ1) is 16.5. The smallest absolute Gasteiger partial charge is 0.407 e. The Balaban J connectivity index is 1.77. The zero-order chi connectivity index (χ0) is 16.3. The molecule has 1 saturated carbocycles. The summed E-state index contributed by atoms with van der Waals surface area (Å²) in [7, 11) is 1.65. The van der Waals surface area contributed by atoms with E-state index in [1.54, 1.807) is 7.11 Å². The topological polar surface area (TPSA) is 56.8 Å². The zero-order valence-electron chi connectivity index (χ0n) is 13.9. The Bertz CT molecular complexity index is 530. The van der Waals surface area contributed by atoms with Crippen LogP contribution in [0.1, 0.15) is 39.2 Å². The first-order chi connectivity index (χ1) is 10.3. The highest BCUT2D eigenvalue weighted by molar-refractivity contribution is 5.68. The molecule has 1 aromatic rings. The molecule has 0 saturated heterocycles. The Morgan fingerprint density at radius 1 is 1.27 bits per heavy atom. The van der Waals surface area contributed by atoms with Crippen molar-refractivity contribution >= 4 is 6.09 Å². The van der Waals surface area contributed by atoms with E-state index in [9.17, 15) is 4.79 Å². The Morgan fingerprint density at radius 2 is 1.95 bits per heavy atom. The van der Waals surface area contributed by atoms with Crippen LogP contribution < -0.4 is 14.8 Å². The minimum absolute atomic E-state index is 0.118. The van der Waals surface area contributed by atoms with E-state index in [-0.39, 0.29) is 18.2 Å². The van der Waals surface area contributed by atoms with Gasteiger partial charge in [0.1, 0.15) is 23.2 Å². The fourth-order valence-electron chi connectivity index (χ4n) is 2.32. The third-order valence-electron chi connectivity index (χ3n) is 3.50. The van der Waals surface area contributed by atoms with Crippen LogP contribution >= 0.6 is 0 Å². The lowest BCUT2D eigenvalue weighted by Gasteiger charge is -2.36. The normalized spacial score (nSPS) is 20.8. The van der Waals surface area contributed by atoms with Crippen molar-refractivity contribution in [1.82, 2.24) is 5.32 Å². The fourth-order valence-corrected chi connectivity index (χ4v) is 2.32. The van der Waals surface area contributed by atoms with Crippen molar-refractivity contribution in [3.05, 3.63) is 23.8 Å². The summed E-state index contributed by atoms with van der Waals surface area (Å²) >= 11 is 0. The van der Waals surface area contributed by atoms with Crippen LogP contribution in [0.5, 0.6) is 11.5 Å². The Hall–Kier alpha value is -1.91. The summed E-state index contributed by atoms with van der Waals surface area (Å²) in [5.41, 5.74) is 0.607. The third kappa shape index (κ3) is 4.55. The molecule has 0 aromatic heterocycles. The van der Waals surface area contributed by atoms with Crippen molar-refractivity contribution in [3.8, 4) is 11.5 Å². The highest BCUT2D eigenvalue weighted by atomic mass is 16.6. The van der Waals surface area contributed by atoms with Gasteiger partial charge in [0, 0.05) is 24.9 Å². The van der Waals surface area contributed by atoms with Gasteiger partial charge < -0.3 is 19.5 Å². The SMILES string of the molecule is COc1cc(OC2CC(NC(=O)OC(C)(C)C)C2)ccc1C. The van der Waals surface area contributed by atoms with Gasteiger partial charge >= 0.3 is 6.09 Å². The van der Waals surface area contributed by atoms with Gasteiger partial charge in [0.05, 0.1) is 7.11 Å². The number of amides is 1. The fraction of sp³-hybridized carbons (Fsp3) is 0.588. The molecule has 1 aliphatic carbocycles. The molecule has 0 heterocycles. The molecule has 0 bridgehead atoms. The lowest BCUT2D eigenvalue weighted by Crippen LogP contribution is -2.50. The van der Waals surface area contributed by atoms with Gasteiger partial charge in [-0.25, -0.2) is 4.79 Å². The van der Waals surface area contributed by atoms with Gasteiger partial charge in [-0.05, 0) is 39.3 Å². The number of aryl methyl sites for hydroxylation is 1. The maximum Gasteiger partial charge on any atom is 0.407 e. The van der Waals surface area contributed by atoms with Crippen LogP contribution in [0.3, 0.4) is 0 Å². The molecule has 1 aliphatic rings. The molecule has 0 radical (unpaired) electrons. The van der Waals surface area contributed by atoms with Crippen molar-refractivity contribution < 1.29 is 19.0 Å². The van der Waals surface area contributed by atoms with Gasteiger partial charge in [0.2, 0.25) is 0 Å². The van der Waals surface area contributed by atoms with Crippen molar-refractivity contribution in [1.29, 1.82) is 0 Å². The van der Waals surface area contributed by atoms with Crippen LogP contribution in [-0.4, -0.2) is 30.9 Å². The number of carbonyl (C=O) groups is 1.